The summed E-state index contributed by atoms with van der Waals surface area (Å²) in [4.78, 5) is 16.1. The van der Waals surface area contributed by atoms with Crippen molar-refractivity contribution in [2.24, 2.45) is 5.41 Å². The Morgan fingerprint density at radius 1 is 1.10 bits per heavy atom. The van der Waals surface area contributed by atoms with Crippen molar-refractivity contribution in [1.82, 2.24) is 4.98 Å². The van der Waals surface area contributed by atoms with Crippen molar-refractivity contribution in [3.63, 3.8) is 0 Å². The quantitative estimate of drug-likeness (QED) is 0.169. The van der Waals surface area contributed by atoms with Gasteiger partial charge in [0.1, 0.15) is 5.82 Å². The highest BCUT2D eigenvalue weighted by atomic mass is 35.5. The van der Waals surface area contributed by atoms with E-state index < -0.39 is 17.4 Å². The fourth-order valence-corrected chi connectivity index (χ4v) is 7.11. The summed E-state index contributed by atoms with van der Waals surface area (Å²) < 4.78 is 13.8. The number of nitrogens with zero attached hydrogens (tertiary/aromatic N) is 1. The number of aliphatic hydroxyl groups is 1. The summed E-state index contributed by atoms with van der Waals surface area (Å²) >= 11 is 7.80. The number of hydrogen-bond acceptors (Lipinski definition) is 4. The van der Waals surface area contributed by atoms with E-state index in [0.717, 1.165) is 53.8 Å². The van der Waals surface area contributed by atoms with Crippen LogP contribution in [-0.2, 0) is 16.8 Å². The van der Waals surface area contributed by atoms with Crippen molar-refractivity contribution in [3.05, 3.63) is 112 Å². The molecule has 1 aliphatic rings. The van der Waals surface area contributed by atoms with Crippen molar-refractivity contribution in [1.29, 1.82) is 0 Å². The van der Waals surface area contributed by atoms with E-state index >= 15 is 0 Å². The first kappa shape index (κ1) is 30.3. The second-order valence-electron chi connectivity index (χ2n) is 11.8. The van der Waals surface area contributed by atoms with Gasteiger partial charge in [-0.2, -0.15) is 11.8 Å². The van der Waals surface area contributed by atoms with Gasteiger partial charge in [-0.05, 0) is 91.5 Å². The minimum atomic E-state index is -0.931. The van der Waals surface area contributed by atoms with Crippen LogP contribution in [0.3, 0.4) is 0 Å². The molecular weight excluding hydrogens is 569 g/mol. The third-order valence-corrected chi connectivity index (χ3v) is 9.89. The highest BCUT2D eigenvalue weighted by Crippen LogP contribution is 2.53. The maximum Gasteiger partial charge on any atom is 0.303 e. The summed E-state index contributed by atoms with van der Waals surface area (Å²) in [6.07, 6.45) is 7.74. The van der Waals surface area contributed by atoms with E-state index in [2.05, 4.69) is 23.2 Å². The highest BCUT2D eigenvalue weighted by molar-refractivity contribution is 7.99. The Bertz CT molecular complexity index is 1630. The van der Waals surface area contributed by atoms with Crippen LogP contribution in [-0.4, -0.2) is 26.9 Å². The van der Waals surface area contributed by atoms with E-state index in [1.165, 1.54) is 11.6 Å². The standard InChI is InChI=1S/C35H35ClFNO3S/c1-34(2,41)28-9-4-3-7-24(28)12-15-32(42-22-35(16-17-35)21-33(39)40)26-8-5-6-23(18-26)10-13-27-14-11-25-19-30(37)29(36)20-31(25)38-27/h3-11,13-14,18-20,32,41H,12,15-17,21-22H2,1-2H3,(H,39,40)/t32-/m1/s1. The minimum Gasteiger partial charge on any atom is -0.481 e. The fourth-order valence-electron chi connectivity index (χ4n) is 5.39. The number of carbonyl (C=O) groups is 1. The zero-order valence-corrected chi connectivity index (χ0v) is 25.4. The molecule has 1 fully saturated rings. The van der Waals surface area contributed by atoms with Crippen LogP contribution in [0.25, 0.3) is 23.1 Å². The Balaban J connectivity index is 1.37. The van der Waals surface area contributed by atoms with Crippen LogP contribution < -0.4 is 0 Å². The van der Waals surface area contributed by atoms with Gasteiger partial charge in [0.15, 0.2) is 0 Å². The number of aryl methyl sites for hydroxylation is 1. The van der Waals surface area contributed by atoms with Gasteiger partial charge in [-0.25, -0.2) is 9.37 Å². The van der Waals surface area contributed by atoms with Crippen LogP contribution in [0.1, 0.15) is 72.7 Å². The van der Waals surface area contributed by atoms with Gasteiger partial charge in [-0.3, -0.25) is 4.79 Å². The summed E-state index contributed by atoms with van der Waals surface area (Å²) in [7, 11) is 0. The molecule has 3 aromatic carbocycles. The predicted molar refractivity (Wildman–Crippen MR) is 171 cm³/mol. The zero-order chi connectivity index (χ0) is 29.9. The molecule has 4 nitrogen and oxygen atoms in total. The minimum absolute atomic E-state index is 0.0499. The van der Waals surface area contributed by atoms with Crippen LogP contribution in [0.2, 0.25) is 5.02 Å². The molecule has 0 unspecified atom stereocenters. The molecule has 1 heterocycles. The zero-order valence-electron chi connectivity index (χ0n) is 23.8. The Kier molecular flexibility index (Phi) is 9.07. The number of carboxylic acid groups (broad SMARTS) is 1. The van der Waals surface area contributed by atoms with E-state index in [1.807, 2.05) is 80.2 Å². The van der Waals surface area contributed by atoms with Gasteiger partial charge in [0.2, 0.25) is 0 Å². The van der Waals surface area contributed by atoms with E-state index in [0.29, 0.717) is 10.9 Å². The molecule has 42 heavy (non-hydrogen) atoms. The third kappa shape index (κ3) is 7.60. The lowest BCUT2D eigenvalue weighted by atomic mass is 9.90. The van der Waals surface area contributed by atoms with Gasteiger partial charge in [-0.1, -0.05) is 72.3 Å². The van der Waals surface area contributed by atoms with Crippen molar-refractivity contribution in [2.45, 2.75) is 56.8 Å². The molecular formula is C35H35ClFNO3S. The van der Waals surface area contributed by atoms with E-state index in [1.54, 1.807) is 6.07 Å². The van der Waals surface area contributed by atoms with Gasteiger partial charge in [0.05, 0.1) is 28.3 Å². The molecule has 0 bridgehead atoms. The lowest BCUT2D eigenvalue weighted by molar-refractivity contribution is -0.138. The number of aromatic nitrogens is 1. The van der Waals surface area contributed by atoms with Crippen LogP contribution in [0.4, 0.5) is 4.39 Å². The molecule has 7 heteroatoms. The average molecular weight is 604 g/mol. The Morgan fingerprint density at radius 2 is 1.88 bits per heavy atom. The maximum atomic E-state index is 13.8. The molecule has 4 aromatic rings. The van der Waals surface area contributed by atoms with Gasteiger partial charge in [0.25, 0.3) is 0 Å². The number of halogens is 2. The summed E-state index contributed by atoms with van der Waals surface area (Å²) in [5.74, 6) is -0.385. The summed E-state index contributed by atoms with van der Waals surface area (Å²) in [6, 6.07) is 23.1. The Labute approximate surface area is 255 Å². The molecule has 218 valence electrons. The Morgan fingerprint density at radius 3 is 2.62 bits per heavy atom. The van der Waals surface area contributed by atoms with E-state index in [-0.39, 0.29) is 22.1 Å². The van der Waals surface area contributed by atoms with Crippen molar-refractivity contribution in [2.75, 3.05) is 5.75 Å². The number of carboxylic acids is 1. The summed E-state index contributed by atoms with van der Waals surface area (Å²) in [5.41, 5.74) is 4.61. The van der Waals surface area contributed by atoms with Crippen molar-refractivity contribution in [3.8, 4) is 0 Å². The van der Waals surface area contributed by atoms with Gasteiger partial charge in [-0.15, -0.1) is 0 Å². The SMILES string of the molecule is CC(C)(O)c1ccccc1CC[C@@H](SCC1(CC(=O)O)CC1)c1cccc(C=Cc2ccc3cc(F)c(Cl)cc3n2)c1. The molecule has 0 amide bonds. The fraction of sp³-hybridized carbons (Fsp3) is 0.314. The second-order valence-corrected chi connectivity index (χ2v) is 13.4. The Hall–Kier alpha value is -3.19. The number of thioether (sulfide) groups is 1. The first-order valence-electron chi connectivity index (χ1n) is 14.2. The summed E-state index contributed by atoms with van der Waals surface area (Å²) in [6.45, 7) is 3.63. The van der Waals surface area contributed by atoms with Gasteiger partial charge >= 0.3 is 5.97 Å². The molecule has 1 saturated carbocycles. The van der Waals surface area contributed by atoms with Crippen LogP contribution in [0.5, 0.6) is 0 Å². The lowest BCUT2D eigenvalue weighted by Gasteiger charge is -2.24. The molecule has 0 aliphatic heterocycles. The molecule has 0 saturated heterocycles. The number of benzene rings is 3. The van der Waals surface area contributed by atoms with Crippen LogP contribution in [0, 0.1) is 11.2 Å². The van der Waals surface area contributed by atoms with Crippen molar-refractivity contribution < 1.29 is 19.4 Å². The number of pyridine rings is 1. The van der Waals surface area contributed by atoms with Crippen LogP contribution >= 0.6 is 23.4 Å². The molecule has 5 rings (SSSR count). The number of aliphatic carboxylic acids is 1. The molecule has 0 radical (unpaired) electrons. The third-order valence-electron chi connectivity index (χ3n) is 7.91. The van der Waals surface area contributed by atoms with E-state index in [9.17, 15) is 19.4 Å². The second kappa shape index (κ2) is 12.6. The normalized spacial score (nSPS) is 15.3. The topological polar surface area (TPSA) is 70.4 Å². The highest BCUT2D eigenvalue weighted by Gasteiger charge is 2.44. The summed E-state index contributed by atoms with van der Waals surface area (Å²) in [5, 5.41) is 21.1. The molecule has 1 aromatic heterocycles. The van der Waals surface area contributed by atoms with Gasteiger partial charge < -0.3 is 10.2 Å². The first-order chi connectivity index (χ1) is 20.0. The number of fused-ring (bicyclic) bond motifs is 1. The van der Waals surface area contributed by atoms with Crippen molar-refractivity contribution >= 4 is 52.4 Å². The molecule has 1 atom stereocenters. The number of hydrogen-bond donors (Lipinski definition) is 2. The monoisotopic (exact) mass is 603 g/mol. The maximum absolute atomic E-state index is 13.8. The number of rotatable bonds is 12. The molecule has 1 aliphatic carbocycles. The lowest BCUT2D eigenvalue weighted by Crippen LogP contribution is -2.18. The van der Waals surface area contributed by atoms with Gasteiger partial charge in [0, 0.05) is 16.4 Å². The average Bonchev–Trinajstić information content (AvgIpc) is 3.71. The molecule has 2 N–H and O–H groups in total. The molecule has 0 spiro atoms. The van der Waals surface area contributed by atoms with Crippen LogP contribution in [0.15, 0.2) is 72.8 Å². The predicted octanol–water partition coefficient (Wildman–Crippen LogP) is 9.09. The van der Waals surface area contributed by atoms with E-state index in [4.69, 9.17) is 11.6 Å². The first-order valence-corrected chi connectivity index (χ1v) is 15.6. The smallest absolute Gasteiger partial charge is 0.303 e. The largest absolute Gasteiger partial charge is 0.481 e.